The Labute approximate surface area is 164 Å². The van der Waals surface area contributed by atoms with E-state index in [0.29, 0.717) is 0 Å². The van der Waals surface area contributed by atoms with Crippen LogP contribution in [0, 0.1) is 6.92 Å². The van der Waals surface area contributed by atoms with Crippen molar-refractivity contribution in [3.8, 4) is 0 Å². The van der Waals surface area contributed by atoms with Crippen LogP contribution in [0.25, 0.3) is 10.4 Å². The zero-order valence-electron chi connectivity index (χ0n) is 15.9. The number of aromatic nitrogens is 2. The Hall–Kier alpha value is -2.47. The highest BCUT2D eigenvalue weighted by molar-refractivity contribution is 7.50. The van der Waals surface area contributed by atoms with Gasteiger partial charge in [-0.3, -0.25) is 23.7 Å². The Morgan fingerprint density at radius 1 is 1.62 bits per heavy atom. The van der Waals surface area contributed by atoms with Gasteiger partial charge in [0.15, 0.2) is 0 Å². The molecule has 1 saturated heterocycles. The summed E-state index contributed by atoms with van der Waals surface area (Å²) in [5.41, 5.74) is 7.79. The summed E-state index contributed by atoms with van der Waals surface area (Å²) in [7, 11) is -2.99. The maximum Gasteiger partial charge on any atom is 0.403 e. The quantitative estimate of drug-likeness (QED) is 0.185. The molecule has 3 unspecified atom stereocenters. The van der Waals surface area contributed by atoms with Gasteiger partial charge in [-0.1, -0.05) is 5.11 Å². The first-order chi connectivity index (χ1) is 13.6. The van der Waals surface area contributed by atoms with E-state index in [4.69, 9.17) is 14.8 Å². The first-order valence-corrected chi connectivity index (χ1v) is 10.1. The summed E-state index contributed by atoms with van der Waals surface area (Å²) in [6.07, 6.45) is -0.418. The smallest absolute Gasteiger partial charge is 0.358 e. The van der Waals surface area contributed by atoms with E-state index in [1.54, 1.807) is 0 Å². The van der Waals surface area contributed by atoms with Crippen molar-refractivity contribution in [1.29, 1.82) is 0 Å². The van der Waals surface area contributed by atoms with Crippen LogP contribution in [0.1, 0.15) is 25.1 Å². The van der Waals surface area contributed by atoms with E-state index in [1.807, 2.05) is 0 Å². The third-order valence-corrected chi connectivity index (χ3v) is 5.48. The van der Waals surface area contributed by atoms with Crippen molar-refractivity contribution in [2.75, 3.05) is 13.7 Å². The van der Waals surface area contributed by atoms with E-state index in [9.17, 15) is 23.8 Å². The number of hydrogen-bond acceptors (Lipinski definition) is 7. The highest BCUT2D eigenvalue weighted by Crippen LogP contribution is 2.40. The van der Waals surface area contributed by atoms with Gasteiger partial charge in [-0.2, -0.15) is 0 Å². The zero-order chi connectivity index (χ0) is 21.8. The number of nitrogens with zero attached hydrogens (tertiary/aromatic N) is 4. The average Bonchev–Trinajstić information content (AvgIpc) is 3.05. The van der Waals surface area contributed by atoms with Crippen molar-refractivity contribution >= 4 is 13.7 Å². The minimum absolute atomic E-state index is 0.0846. The number of azide groups is 1. The molecule has 1 aliphatic rings. The van der Waals surface area contributed by atoms with Crippen molar-refractivity contribution < 1.29 is 23.5 Å². The van der Waals surface area contributed by atoms with Gasteiger partial charge in [0.2, 0.25) is 5.91 Å². The van der Waals surface area contributed by atoms with Crippen molar-refractivity contribution in [2.45, 2.75) is 44.7 Å². The van der Waals surface area contributed by atoms with Gasteiger partial charge >= 0.3 is 13.4 Å². The minimum Gasteiger partial charge on any atom is -0.358 e. The maximum atomic E-state index is 12.1. The van der Waals surface area contributed by atoms with Crippen LogP contribution in [0.4, 0.5) is 0 Å². The number of amides is 1. The molecule has 0 spiro atoms. The zero-order valence-corrected chi connectivity index (χ0v) is 16.8. The molecule has 0 aromatic carbocycles. The van der Waals surface area contributed by atoms with Gasteiger partial charge < -0.3 is 14.9 Å². The van der Waals surface area contributed by atoms with Crippen LogP contribution in [-0.2, 0) is 18.6 Å². The molecular weight excluding hydrogens is 409 g/mol. The summed E-state index contributed by atoms with van der Waals surface area (Å²) in [5, 5.41) is 8.07. The lowest BCUT2D eigenvalue weighted by molar-refractivity contribution is -0.122. The molecule has 0 bridgehead atoms. The monoisotopic (exact) mass is 431 g/mol. The van der Waals surface area contributed by atoms with Crippen LogP contribution < -0.4 is 21.7 Å². The molecule has 5 atom stereocenters. The molecule has 4 N–H and O–H groups in total. The van der Waals surface area contributed by atoms with Gasteiger partial charge in [0.25, 0.3) is 5.56 Å². The number of nitrogens with one attached hydrogen (secondary N) is 3. The third-order valence-electron chi connectivity index (χ3n) is 4.27. The molecule has 0 aliphatic carbocycles. The van der Waals surface area contributed by atoms with Crippen LogP contribution in [0.5, 0.6) is 0 Å². The number of aryl methyl sites for hydroxylation is 1. The topological polar surface area (TPSA) is 201 Å². The summed E-state index contributed by atoms with van der Waals surface area (Å²) < 4.78 is 23.9. The first kappa shape index (κ1) is 22.8. The van der Waals surface area contributed by atoms with E-state index in [2.05, 4.69) is 25.4 Å². The largest absolute Gasteiger partial charge is 0.403 e. The van der Waals surface area contributed by atoms with Crippen LogP contribution in [-0.4, -0.2) is 52.2 Å². The molecule has 15 heteroatoms. The predicted octanol–water partition coefficient (Wildman–Crippen LogP) is -0.347. The lowest BCUT2D eigenvalue weighted by Gasteiger charge is -2.21. The number of ether oxygens (including phenoxy) is 1. The lowest BCUT2D eigenvalue weighted by Crippen LogP contribution is -2.39. The Morgan fingerprint density at radius 2 is 2.31 bits per heavy atom. The van der Waals surface area contributed by atoms with Gasteiger partial charge in [-0.25, -0.2) is 14.4 Å². The SMILES string of the molecule is CNC(=O)[C@H](C)NP(=O)(O)OC[C@H]1OC(n2cc(C)c(=O)[nH]c2=O)CC1N=[N+]=[N-]. The van der Waals surface area contributed by atoms with Crippen molar-refractivity contribution in [1.82, 2.24) is 20.0 Å². The predicted molar refractivity (Wildman–Crippen MR) is 100.0 cm³/mol. The summed E-state index contributed by atoms with van der Waals surface area (Å²) in [6, 6.07) is -1.79. The van der Waals surface area contributed by atoms with Crippen LogP contribution in [0.15, 0.2) is 20.9 Å². The number of carbonyl (C=O) groups is 1. The van der Waals surface area contributed by atoms with Gasteiger partial charge in [0.1, 0.15) is 6.23 Å². The summed E-state index contributed by atoms with van der Waals surface area (Å²) in [5.74, 6) is -0.514. The van der Waals surface area contributed by atoms with E-state index >= 15 is 0 Å². The van der Waals surface area contributed by atoms with E-state index in [-0.39, 0.29) is 12.0 Å². The van der Waals surface area contributed by atoms with E-state index in [0.717, 1.165) is 4.57 Å². The molecule has 1 aromatic rings. The molecule has 1 aromatic heterocycles. The lowest BCUT2D eigenvalue weighted by atomic mass is 10.1. The summed E-state index contributed by atoms with van der Waals surface area (Å²) >= 11 is 0. The molecule has 1 fully saturated rings. The number of aromatic amines is 1. The molecule has 2 heterocycles. The van der Waals surface area contributed by atoms with Crippen LogP contribution >= 0.6 is 7.75 Å². The average molecular weight is 431 g/mol. The van der Waals surface area contributed by atoms with Crippen molar-refractivity contribution in [3.63, 3.8) is 0 Å². The van der Waals surface area contributed by atoms with E-state index < -0.39 is 55.9 Å². The Balaban J connectivity index is 2.12. The summed E-state index contributed by atoms with van der Waals surface area (Å²) in [4.78, 5) is 49.8. The standard InChI is InChI=1S/C14H22N7O7P/c1-7-5-21(14(24)17-12(7)22)11-4-9(18-20-15)10(28-11)6-27-29(25,26)19-8(2)13(23)16-3/h5,8-11H,4,6H2,1-3H3,(H,16,23)(H,17,22,24)(H2,19,25,26)/t8-,9?,10+,11?/m0/s1. The molecule has 14 nitrogen and oxygen atoms in total. The van der Waals surface area contributed by atoms with Gasteiger partial charge in [-0.15, -0.1) is 0 Å². The molecule has 29 heavy (non-hydrogen) atoms. The number of carbonyl (C=O) groups excluding carboxylic acids is 1. The van der Waals surface area contributed by atoms with E-state index in [1.165, 1.54) is 27.1 Å². The molecule has 1 amide bonds. The van der Waals surface area contributed by atoms with Gasteiger partial charge in [0, 0.05) is 30.1 Å². The molecule has 0 saturated carbocycles. The normalized spacial score (nSPS) is 24.3. The van der Waals surface area contributed by atoms with Crippen LogP contribution in [0.3, 0.4) is 0 Å². The fourth-order valence-electron chi connectivity index (χ4n) is 2.76. The fraction of sp³-hybridized carbons (Fsp3) is 0.643. The Kier molecular flexibility index (Phi) is 7.36. The molecular formula is C14H22N7O7P. The summed E-state index contributed by atoms with van der Waals surface area (Å²) in [6.45, 7) is 2.44. The number of likely N-dealkylation sites (N-methyl/N-ethyl adjacent to an activating group) is 1. The Bertz CT molecular complexity index is 970. The third kappa shape index (κ3) is 5.76. The minimum atomic E-state index is -4.37. The molecule has 2 rings (SSSR count). The highest BCUT2D eigenvalue weighted by atomic mass is 31.2. The fourth-order valence-corrected chi connectivity index (χ4v) is 3.79. The van der Waals surface area contributed by atoms with Crippen LogP contribution in [0.2, 0.25) is 0 Å². The molecule has 160 valence electrons. The number of rotatable bonds is 8. The highest BCUT2D eigenvalue weighted by Gasteiger charge is 2.38. The second-order valence-electron chi connectivity index (χ2n) is 6.40. The number of hydrogen-bond donors (Lipinski definition) is 4. The first-order valence-electron chi connectivity index (χ1n) is 8.56. The number of H-pyrrole nitrogens is 1. The van der Waals surface area contributed by atoms with Gasteiger partial charge in [-0.05, 0) is 19.4 Å². The Morgan fingerprint density at radius 3 is 2.93 bits per heavy atom. The second kappa shape index (κ2) is 9.35. The van der Waals surface area contributed by atoms with Crippen molar-refractivity contribution in [2.24, 2.45) is 5.11 Å². The second-order valence-corrected chi connectivity index (χ2v) is 7.95. The van der Waals surface area contributed by atoms with Gasteiger partial charge in [0.05, 0.1) is 24.8 Å². The molecule has 1 aliphatic heterocycles. The van der Waals surface area contributed by atoms with Crippen molar-refractivity contribution in [3.05, 3.63) is 43.0 Å². The molecule has 0 radical (unpaired) electrons. The maximum absolute atomic E-state index is 12.1.